The quantitative estimate of drug-likeness (QED) is 0.583. The molecule has 0 saturated carbocycles. The number of ether oxygens (including phenoxy) is 2. The summed E-state index contributed by atoms with van der Waals surface area (Å²) < 4.78 is 32.8. The van der Waals surface area contributed by atoms with Gasteiger partial charge < -0.3 is 18.8 Å². The first-order valence-corrected chi connectivity index (χ1v) is 13.4. The average molecular weight is 424 g/mol. The minimum Gasteiger partial charge on any atom is -0.415 e. The number of anilines is 1. The summed E-state index contributed by atoms with van der Waals surface area (Å²) in [5.74, 6) is 0.513. The second-order valence-electron chi connectivity index (χ2n) is 9.64. The van der Waals surface area contributed by atoms with Crippen LogP contribution in [0.25, 0.3) is 0 Å². The molecule has 0 N–H and O–H groups in total. The Labute approximate surface area is 177 Å². The summed E-state index contributed by atoms with van der Waals surface area (Å²) in [6.07, 6.45) is 4.42. The fraction of sp³-hybridized carbons (Fsp3) is 0.739. The van der Waals surface area contributed by atoms with Gasteiger partial charge in [-0.15, -0.1) is 0 Å². The van der Waals surface area contributed by atoms with Gasteiger partial charge in [-0.3, -0.25) is 0 Å². The highest BCUT2D eigenvalue weighted by atomic mass is 28.3. The van der Waals surface area contributed by atoms with Crippen LogP contribution in [-0.4, -0.2) is 48.1 Å². The number of benzene rings is 1. The second-order valence-corrected chi connectivity index (χ2v) is 13.0. The van der Waals surface area contributed by atoms with Crippen LogP contribution in [0.3, 0.4) is 0 Å². The Morgan fingerprint density at radius 1 is 1.14 bits per heavy atom. The molecule has 2 aliphatic heterocycles. The first kappa shape index (κ1) is 22.7. The van der Waals surface area contributed by atoms with Crippen LogP contribution in [0.2, 0.25) is 11.6 Å². The predicted molar refractivity (Wildman–Crippen MR) is 119 cm³/mol. The van der Waals surface area contributed by atoms with Crippen LogP contribution in [0.1, 0.15) is 52.0 Å². The summed E-state index contributed by atoms with van der Waals surface area (Å²) in [4.78, 5) is 2.16. The van der Waals surface area contributed by atoms with Crippen molar-refractivity contribution in [1.82, 2.24) is 0 Å². The Bertz CT molecular complexity index is 638. The Kier molecular flexibility index (Phi) is 8.13. The first-order chi connectivity index (χ1) is 13.8. The molecule has 0 aliphatic carbocycles. The third-order valence-electron chi connectivity index (χ3n) is 6.46. The maximum atomic E-state index is 15.1. The molecule has 2 fully saturated rings. The van der Waals surface area contributed by atoms with Crippen molar-refractivity contribution in [1.29, 1.82) is 0 Å². The fourth-order valence-corrected chi connectivity index (χ4v) is 4.76. The van der Waals surface area contributed by atoms with Crippen LogP contribution < -0.4 is 4.90 Å². The van der Waals surface area contributed by atoms with E-state index in [0.29, 0.717) is 29.9 Å². The zero-order valence-corrected chi connectivity index (χ0v) is 19.7. The Hall–Kier alpha value is -0.953. The molecule has 4 nitrogen and oxygen atoms in total. The summed E-state index contributed by atoms with van der Waals surface area (Å²) in [6, 6.07) is 5.70. The zero-order chi connectivity index (χ0) is 20.9. The van der Waals surface area contributed by atoms with Crippen molar-refractivity contribution >= 4 is 14.7 Å². The van der Waals surface area contributed by atoms with Crippen molar-refractivity contribution < 1.29 is 18.3 Å². The number of rotatable bonds is 7. The molecule has 1 aromatic rings. The highest BCUT2D eigenvalue weighted by molar-refractivity contribution is 6.53. The third kappa shape index (κ3) is 6.51. The fourth-order valence-electron chi connectivity index (χ4n) is 3.84. The minimum absolute atomic E-state index is 0.121. The van der Waals surface area contributed by atoms with E-state index in [4.69, 9.17) is 13.9 Å². The van der Waals surface area contributed by atoms with Crippen LogP contribution in [0.4, 0.5) is 10.1 Å². The minimum atomic E-state index is -1.36. The largest absolute Gasteiger partial charge is 0.415 e. The molecule has 2 aliphatic rings. The average Bonchev–Trinajstić information content (AvgIpc) is 2.72. The number of piperidine rings is 1. The summed E-state index contributed by atoms with van der Waals surface area (Å²) >= 11 is 0. The topological polar surface area (TPSA) is 30.9 Å². The van der Waals surface area contributed by atoms with E-state index in [-0.39, 0.29) is 10.9 Å². The van der Waals surface area contributed by atoms with Gasteiger partial charge in [0.05, 0.1) is 18.4 Å². The van der Waals surface area contributed by atoms with Gasteiger partial charge in [-0.1, -0.05) is 32.9 Å². The van der Waals surface area contributed by atoms with Crippen LogP contribution in [0.15, 0.2) is 18.2 Å². The van der Waals surface area contributed by atoms with Gasteiger partial charge >= 0.3 is 0 Å². The van der Waals surface area contributed by atoms with E-state index in [0.717, 1.165) is 58.6 Å². The van der Waals surface area contributed by atoms with Gasteiger partial charge in [0.15, 0.2) is 14.9 Å². The molecule has 2 saturated heterocycles. The molecule has 0 radical (unpaired) electrons. The van der Waals surface area contributed by atoms with Gasteiger partial charge in [-0.05, 0) is 49.3 Å². The highest BCUT2D eigenvalue weighted by Crippen LogP contribution is 2.30. The monoisotopic (exact) mass is 423 g/mol. The molecule has 6 heteroatoms. The summed E-state index contributed by atoms with van der Waals surface area (Å²) in [5.41, 5.74) is 1.38. The molecular formula is C23H38FNO3Si. The van der Waals surface area contributed by atoms with Crippen molar-refractivity contribution in [2.24, 2.45) is 5.92 Å². The van der Waals surface area contributed by atoms with E-state index in [1.54, 1.807) is 0 Å². The number of nitrogens with zero attached hydrogens (tertiary/aromatic N) is 1. The SMILES string of the molecule is C[SiH](OCc1cccc(N2CCC(OCC3CCOCC3)CC2)c1F)C(C)(C)C. The molecule has 1 atom stereocenters. The molecule has 1 unspecified atom stereocenters. The molecule has 0 aromatic heterocycles. The number of halogens is 1. The van der Waals surface area contributed by atoms with Gasteiger partial charge in [0.2, 0.25) is 0 Å². The van der Waals surface area contributed by atoms with E-state index in [9.17, 15) is 0 Å². The summed E-state index contributed by atoms with van der Waals surface area (Å²) in [6.45, 7) is 13.4. The Morgan fingerprint density at radius 3 is 2.48 bits per heavy atom. The maximum absolute atomic E-state index is 15.1. The van der Waals surface area contributed by atoms with Gasteiger partial charge in [-0.2, -0.15) is 0 Å². The van der Waals surface area contributed by atoms with Crippen LogP contribution >= 0.6 is 0 Å². The zero-order valence-electron chi connectivity index (χ0n) is 18.6. The Balaban J connectivity index is 1.50. The number of hydrogen-bond acceptors (Lipinski definition) is 4. The normalized spacial score (nSPS) is 20.8. The first-order valence-electron chi connectivity index (χ1n) is 11.2. The van der Waals surface area contributed by atoms with Gasteiger partial charge in [0.25, 0.3) is 0 Å². The van der Waals surface area contributed by atoms with Crippen LogP contribution in [-0.2, 0) is 20.5 Å². The predicted octanol–water partition coefficient (Wildman–Crippen LogP) is 4.91. The lowest BCUT2D eigenvalue weighted by Gasteiger charge is -2.35. The van der Waals surface area contributed by atoms with E-state index < -0.39 is 9.04 Å². The standard InChI is InChI=1S/C23H38FNO3Si/c1-23(2,3)29(4)28-17-19-6-5-7-21(22(19)24)25-12-8-20(9-13-25)27-16-18-10-14-26-15-11-18/h5-7,18,20,29H,8-17H2,1-4H3. The van der Waals surface area contributed by atoms with Crippen LogP contribution in [0.5, 0.6) is 0 Å². The molecular weight excluding hydrogens is 385 g/mol. The molecule has 2 heterocycles. The molecule has 0 spiro atoms. The van der Waals surface area contributed by atoms with Crippen molar-refractivity contribution in [2.75, 3.05) is 37.8 Å². The summed E-state index contributed by atoms with van der Waals surface area (Å²) in [5, 5.41) is 0.181. The lowest BCUT2D eigenvalue weighted by atomic mass is 10.0. The van der Waals surface area contributed by atoms with Crippen LogP contribution in [0, 0.1) is 11.7 Å². The second kappa shape index (κ2) is 10.4. The lowest BCUT2D eigenvalue weighted by molar-refractivity contribution is -0.0183. The van der Waals surface area contributed by atoms with Gasteiger partial charge in [0, 0.05) is 38.5 Å². The lowest BCUT2D eigenvalue weighted by Crippen LogP contribution is -2.38. The highest BCUT2D eigenvalue weighted by Gasteiger charge is 2.26. The van der Waals surface area contributed by atoms with Gasteiger partial charge in [0.1, 0.15) is 0 Å². The van der Waals surface area contributed by atoms with E-state index >= 15 is 4.39 Å². The van der Waals surface area contributed by atoms with E-state index in [1.165, 1.54) is 0 Å². The molecule has 3 rings (SSSR count). The maximum Gasteiger partial charge on any atom is 0.179 e. The van der Waals surface area contributed by atoms with Crippen molar-refractivity contribution in [2.45, 2.75) is 70.8 Å². The molecule has 1 aromatic carbocycles. The van der Waals surface area contributed by atoms with Crippen molar-refractivity contribution in [3.63, 3.8) is 0 Å². The molecule has 29 heavy (non-hydrogen) atoms. The van der Waals surface area contributed by atoms with E-state index in [1.807, 2.05) is 18.2 Å². The number of hydrogen-bond donors (Lipinski definition) is 0. The van der Waals surface area contributed by atoms with Crippen molar-refractivity contribution in [3.8, 4) is 0 Å². The molecule has 0 bridgehead atoms. The summed E-state index contributed by atoms with van der Waals surface area (Å²) in [7, 11) is -1.36. The van der Waals surface area contributed by atoms with Gasteiger partial charge in [-0.25, -0.2) is 4.39 Å². The smallest absolute Gasteiger partial charge is 0.179 e. The molecule has 164 valence electrons. The molecule has 0 amide bonds. The van der Waals surface area contributed by atoms with E-state index in [2.05, 4.69) is 32.2 Å². The third-order valence-corrected chi connectivity index (χ3v) is 9.56. The van der Waals surface area contributed by atoms with Crippen molar-refractivity contribution in [3.05, 3.63) is 29.6 Å². The Morgan fingerprint density at radius 2 is 1.83 bits per heavy atom.